The van der Waals surface area contributed by atoms with Crippen molar-refractivity contribution in [3.05, 3.63) is 167 Å². The van der Waals surface area contributed by atoms with E-state index in [4.69, 9.17) is 9.97 Å². The number of aromatic nitrogens is 3. The maximum absolute atomic E-state index is 11.8. The molecule has 2 aliphatic rings. The van der Waals surface area contributed by atoms with Crippen molar-refractivity contribution in [2.24, 2.45) is 0 Å². The molecule has 1 unspecified atom stereocenters. The van der Waals surface area contributed by atoms with Gasteiger partial charge in [-0.1, -0.05) is 106 Å². The molecule has 10 rings (SSSR count). The summed E-state index contributed by atoms with van der Waals surface area (Å²) in [7, 11) is 0. The highest BCUT2D eigenvalue weighted by Gasteiger charge is 2.47. The number of fused-ring (bicyclic) bond motifs is 10. The van der Waals surface area contributed by atoms with E-state index in [1.165, 1.54) is 44.5 Å². The van der Waals surface area contributed by atoms with Gasteiger partial charge in [0.05, 0.1) is 28.0 Å². The first-order valence-electron chi connectivity index (χ1n) is 18.8. The third kappa shape index (κ3) is 4.49. The third-order valence-electron chi connectivity index (χ3n) is 12.0. The average Bonchev–Trinajstić information content (AvgIpc) is 3.65. The molecule has 0 spiro atoms. The van der Waals surface area contributed by atoms with E-state index in [0.29, 0.717) is 0 Å². The van der Waals surface area contributed by atoms with Crippen molar-refractivity contribution >= 4 is 11.0 Å². The Bertz CT molecular complexity index is 2850. The topological polar surface area (TPSA) is 50.9 Å². The molecule has 1 atom stereocenters. The lowest BCUT2D eigenvalue weighted by Gasteiger charge is -2.29. The molecule has 0 saturated carbocycles. The van der Waals surface area contributed by atoms with E-state index in [1.807, 2.05) is 12.3 Å². The number of benzene rings is 6. The Morgan fingerprint density at radius 3 is 2.13 bits per heavy atom. The molecule has 1 aliphatic heterocycles. The number of para-hydroxylation sites is 2. The first kappa shape index (κ1) is 32.4. The Morgan fingerprint density at radius 2 is 1.33 bits per heavy atom. The van der Waals surface area contributed by atoms with Gasteiger partial charge in [-0.25, -0.2) is 4.98 Å². The smallest absolute Gasteiger partial charge is 0.149 e. The van der Waals surface area contributed by atoms with Gasteiger partial charge in [0.15, 0.2) is 0 Å². The molecular formula is C50H41N3O. The number of aromatic hydroxyl groups is 1. The molecule has 4 heteroatoms. The normalized spacial score (nSPS) is 15.4. The summed E-state index contributed by atoms with van der Waals surface area (Å²) in [5.41, 5.74) is 19.4. The molecule has 6 aromatic carbocycles. The zero-order valence-corrected chi connectivity index (χ0v) is 31.5. The van der Waals surface area contributed by atoms with Gasteiger partial charge in [0.1, 0.15) is 11.6 Å². The van der Waals surface area contributed by atoms with E-state index in [1.54, 1.807) is 0 Å². The van der Waals surface area contributed by atoms with Gasteiger partial charge in [-0.15, -0.1) is 0 Å². The number of hydrogen-bond donors (Lipinski definition) is 1. The van der Waals surface area contributed by atoms with Gasteiger partial charge < -0.3 is 5.11 Å². The van der Waals surface area contributed by atoms with Crippen LogP contribution in [-0.2, 0) is 10.8 Å². The number of nitrogens with zero attached hydrogens (tertiary/aromatic N) is 3. The van der Waals surface area contributed by atoms with Crippen LogP contribution in [0.2, 0.25) is 0 Å². The monoisotopic (exact) mass is 699 g/mol. The molecule has 54 heavy (non-hydrogen) atoms. The van der Waals surface area contributed by atoms with E-state index in [9.17, 15) is 5.11 Å². The minimum absolute atomic E-state index is 0.108. The van der Waals surface area contributed by atoms with Crippen LogP contribution in [0.5, 0.6) is 5.75 Å². The summed E-state index contributed by atoms with van der Waals surface area (Å²) >= 11 is 0. The quantitative estimate of drug-likeness (QED) is 0.200. The zero-order valence-electron chi connectivity index (χ0n) is 31.5. The third-order valence-corrected chi connectivity index (χ3v) is 12.0. The second-order valence-electron chi connectivity index (χ2n) is 16.3. The summed E-state index contributed by atoms with van der Waals surface area (Å²) < 4.78 is 2.28. The van der Waals surface area contributed by atoms with Crippen LogP contribution >= 0.6 is 0 Å². The second kappa shape index (κ2) is 11.4. The van der Waals surface area contributed by atoms with Crippen LogP contribution in [0.15, 0.2) is 134 Å². The first-order chi connectivity index (χ1) is 26.0. The fraction of sp³-hybridized carbons (Fsp3) is 0.160. The number of phenolic OH excluding ortho intramolecular Hbond substituents is 1. The molecule has 2 aromatic heterocycles. The van der Waals surface area contributed by atoms with Crippen LogP contribution in [0.1, 0.15) is 61.1 Å². The van der Waals surface area contributed by atoms with Crippen LogP contribution in [0.4, 0.5) is 0 Å². The summed E-state index contributed by atoms with van der Waals surface area (Å²) in [6.07, 6.45) is 1.93. The number of rotatable bonds is 3. The first-order valence-corrected chi connectivity index (χ1v) is 18.8. The number of pyridine rings is 1. The highest BCUT2D eigenvalue weighted by atomic mass is 16.3. The van der Waals surface area contributed by atoms with Crippen molar-refractivity contribution in [2.45, 2.75) is 52.4 Å². The predicted molar refractivity (Wildman–Crippen MR) is 221 cm³/mol. The van der Waals surface area contributed by atoms with Gasteiger partial charge in [0.2, 0.25) is 0 Å². The van der Waals surface area contributed by atoms with E-state index >= 15 is 0 Å². The summed E-state index contributed by atoms with van der Waals surface area (Å²) in [6, 6.07) is 45.5. The Balaban J connectivity index is 1.23. The summed E-state index contributed by atoms with van der Waals surface area (Å²) in [6.45, 7) is 13.5. The fourth-order valence-corrected chi connectivity index (χ4v) is 9.34. The van der Waals surface area contributed by atoms with Crippen molar-refractivity contribution in [1.29, 1.82) is 0 Å². The Labute approximate surface area is 316 Å². The number of aryl methyl sites for hydroxylation is 2. The van der Waals surface area contributed by atoms with Crippen molar-refractivity contribution in [2.75, 3.05) is 0 Å². The van der Waals surface area contributed by atoms with Gasteiger partial charge in [-0.05, 0) is 130 Å². The van der Waals surface area contributed by atoms with E-state index in [0.717, 1.165) is 61.6 Å². The van der Waals surface area contributed by atoms with E-state index < -0.39 is 5.41 Å². The van der Waals surface area contributed by atoms with Crippen LogP contribution in [0.25, 0.3) is 72.7 Å². The highest BCUT2D eigenvalue weighted by Crippen LogP contribution is 2.60. The van der Waals surface area contributed by atoms with Gasteiger partial charge in [-0.3, -0.25) is 9.55 Å². The molecule has 8 aromatic rings. The van der Waals surface area contributed by atoms with Crippen molar-refractivity contribution < 1.29 is 5.11 Å². The maximum atomic E-state index is 11.8. The SMILES string of the molecule is Cc1cccc(C)c1-c1ccnc(-c2cc(-c3cccc4c3nc3n4-c4ccccc4C4(C)c5ccccc5-c5ccc(O)c-3c54)cc(C(C)(C)C)c2)c1. The second-order valence-corrected chi connectivity index (χ2v) is 16.3. The van der Waals surface area contributed by atoms with Crippen LogP contribution in [0.3, 0.4) is 0 Å². The number of phenols is 1. The molecular weight excluding hydrogens is 659 g/mol. The van der Waals surface area contributed by atoms with Gasteiger partial charge >= 0.3 is 0 Å². The average molecular weight is 700 g/mol. The Kier molecular flexibility index (Phi) is 6.82. The minimum atomic E-state index is -0.477. The van der Waals surface area contributed by atoms with Crippen LogP contribution in [-0.4, -0.2) is 19.6 Å². The number of hydrogen-bond acceptors (Lipinski definition) is 3. The minimum Gasteiger partial charge on any atom is -0.507 e. The lowest BCUT2D eigenvalue weighted by Crippen LogP contribution is -2.23. The molecule has 0 bridgehead atoms. The fourth-order valence-electron chi connectivity index (χ4n) is 9.34. The lowest BCUT2D eigenvalue weighted by molar-refractivity contribution is 0.475. The molecule has 0 amide bonds. The standard InChI is InChI=1S/C50H41N3O/c1-29-13-11-14-30(2)44(29)31-23-24-51-40(28-31)33-25-32(26-34(27-33)49(3,4)5)35-16-12-20-42-47(35)52-48-45-43(54)22-21-37-36-15-7-8-17-38(36)50(6,46(37)45)39-18-9-10-19-41(39)53(42)48/h7-28,54H,1-6H3. The highest BCUT2D eigenvalue weighted by molar-refractivity contribution is 6.00. The molecule has 1 aliphatic carbocycles. The molecule has 0 fully saturated rings. The molecule has 3 heterocycles. The van der Waals surface area contributed by atoms with Crippen molar-refractivity contribution in [3.63, 3.8) is 0 Å². The molecule has 4 nitrogen and oxygen atoms in total. The van der Waals surface area contributed by atoms with Crippen molar-refractivity contribution in [3.8, 4) is 67.5 Å². The van der Waals surface area contributed by atoms with Crippen LogP contribution in [0, 0.1) is 13.8 Å². The summed E-state index contributed by atoms with van der Waals surface area (Å²) in [5.74, 6) is 0.997. The Morgan fingerprint density at radius 1 is 0.630 bits per heavy atom. The van der Waals surface area contributed by atoms with Crippen LogP contribution < -0.4 is 0 Å². The van der Waals surface area contributed by atoms with E-state index in [-0.39, 0.29) is 11.2 Å². The Hall–Kier alpha value is -6.26. The summed E-state index contributed by atoms with van der Waals surface area (Å²) in [4.78, 5) is 10.5. The molecule has 262 valence electrons. The summed E-state index contributed by atoms with van der Waals surface area (Å²) in [5, 5.41) is 11.8. The molecule has 0 radical (unpaired) electrons. The van der Waals surface area contributed by atoms with E-state index in [2.05, 4.69) is 167 Å². The lowest BCUT2D eigenvalue weighted by atomic mass is 9.72. The maximum Gasteiger partial charge on any atom is 0.149 e. The predicted octanol–water partition coefficient (Wildman–Crippen LogP) is 12.4. The largest absolute Gasteiger partial charge is 0.507 e. The van der Waals surface area contributed by atoms with Gasteiger partial charge in [0.25, 0.3) is 0 Å². The van der Waals surface area contributed by atoms with Gasteiger partial charge in [-0.2, -0.15) is 0 Å². The zero-order chi connectivity index (χ0) is 37.1. The molecule has 1 N–H and O–H groups in total. The van der Waals surface area contributed by atoms with Gasteiger partial charge in [0, 0.05) is 22.7 Å². The molecule has 0 saturated heterocycles. The van der Waals surface area contributed by atoms with Crippen molar-refractivity contribution in [1.82, 2.24) is 14.5 Å². The number of imidazole rings is 1.